The molecular weight excluding hydrogens is 435 g/mol. The Morgan fingerprint density at radius 3 is 2.50 bits per heavy atom. The first-order valence-corrected chi connectivity index (χ1v) is 16.0. The number of hydrogen-bond acceptors (Lipinski definition) is 2. The summed E-state index contributed by atoms with van der Waals surface area (Å²) in [5, 5.41) is 0. The van der Waals surface area contributed by atoms with Crippen LogP contribution in [0.4, 0.5) is 0 Å². The van der Waals surface area contributed by atoms with Gasteiger partial charge in [-0.1, -0.05) is 65.5 Å². The van der Waals surface area contributed by atoms with E-state index in [1.54, 1.807) is 0 Å². The Labute approximate surface area is 202 Å². The van der Waals surface area contributed by atoms with Crippen LogP contribution in [0.1, 0.15) is 105 Å². The maximum Gasteiger partial charge on any atom is 0.322 e. The average molecular weight is 483 g/mol. The van der Waals surface area contributed by atoms with Crippen LogP contribution in [0, 0.1) is 46.3 Å². The van der Waals surface area contributed by atoms with Gasteiger partial charge in [-0.15, -0.1) is 0 Å². The van der Waals surface area contributed by atoms with Gasteiger partial charge in [-0.25, -0.2) is 0 Å². The summed E-state index contributed by atoms with van der Waals surface area (Å²) in [5.74, 6) is 5.08. The fourth-order valence-electron chi connectivity index (χ4n) is 8.94. The molecule has 0 saturated heterocycles. The molecule has 3 fully saturated rings. The Balaban J connectivity index is 1.46. The number of rotatable bonds is 7. The lowest BCUT2D eigenvalue weighted by Gasteiger charge is -2.58. The van der Waals surface area contributed by atoms with Gasteiger partial charge in [-0.2, -0.15) is 0 Å². The maximum atomic E-state index is 9.64. The molecule has 184 valence electrons. The second kappa shape index (κ2) is 9.38. The van der Waals surface area contributed by atoms with Gasteiger partial charge in [0.05, 0.1) is 6.10 Å². The Kier molecular flexibility index (Phi) is 7.43. The molecule has 4 aliphatic carbocycles. The molecule has 32 heavy (non-hydrogen) atoms. The molecule has 0 amide bonds. The highest BCUT2D eigenvalue weighted by Gasteiger charge is 2.59. The van der Waals surface area contributed by atoms with Gasteiger partial charge in [-0.05, 0) is 110 Å². The zero-order valence-corrected chi connectivity index (χ0v) is 22.8. The summed E-state index contributed by atoms with van der Waals surface area (Å²) in [6, 6.07) is 0. The van der Waals surface area contributed by atoms with E-state index in [9.17, 15) is 9.79 Å². The van der Waals surface area contributed by atoms with Crippen LogP contribution in [0.15, 0.2) is 11.6 Å². The van der Waals surface area contributed by atoms with Crippen molar-refractivity contribution in [1.82, 2.24) is 0 Å². The van der Waals surface area contributed by atoms with Crippen molar-refractivity contribution in [3.63, 3.8) is 0 Å². The minimum absolute atomic E-state index is 0.122. The lowest BCUT2D eigenvalue weighted by molar-refractivity contribution is -0.0563. The van der Waals surface area contributed by atoms with E-state index < -0.39 is 6.72 Å². The zero-order chi connectivity index (χ0) is 23.3. The molecule has 0 aromatic heterocycles. The maximum absolute atomic E-state index is 9.64. The first-order valence-electron chi connectivity index (χ1n) is 13.4. The van der Waals surface area contributed by atoms with E-state index in [1.165, 1.54) is 56.9 Å². The Morgan fingerprint density at radius 1 is 1.06 bits per heavy atom. The van der Waals surface area contributed by atoms with Crippen LogP contribution in [-0.2, 0) is 16.3 Å². The van der Waals surface area contributed by atoms with Crippen molar-refractivity contribution in [2.45, 2.75) is 111 Å². The summed E-state index contributed by atoms with van der Waals surface area (Å²) in [6.45, 7) is 8.84. The van der Waals surface area contributed by atoms with Gasteiger partial charge in [-0.3, -0.25) is 0 Å². The summed E-state index contributed by atoms with van der Waals surface area (Å²) in [4.78, 5) is 19.3. The van der Waals surface area contributed by atoms with Gasteiger partial charge in [0, 0.05) is 0 Å². The van der Waals surface area contributed by atoms with Gasteiger partial charge in [0.1, 0.15) is 0 Å². The minimum atomic E-state index is -3.58. The number of hydrogen-bond donors (Lipinski definition) is 2. The highest BCUT2D eigenvalue weighted by molar-refractivity contribution is 8.06. The van der Waals surface area contributed by atoms with Crippen molar-refractivity contribution in [2.75, 3.05) is 0 Å². The fraction of sp³-hybridized carbons (Fsp3) is 0.926. The molecular formula is C27H47O3PS. The monoisotopic (exact) mass is 482 g/mol. The van der Waals surface area contributed by atoms with Gasteiger partial charge < -0.3 is 14.3 Å². The molecule has 4 aliphatic rings. The molecule has 4 rings (SSSR count). The molecule has 0 heterocycles. The topological polar surface area (TPSA) is 49.7 Å². The van der Waals surface area contributed by atoms with Crippen molar-refractivity contribution in [1.29, 1.82) is 0 Å². The molecule has 0 radical (unpaired) electrons. The Hall–Kier alpha value is 0.270. The zero-order valence-electron chi connectivity index (χ0n) is 21.1. The average Bonchev–Trinajstić information content (AvgIpc) is 3.04. The molecule has 0 bridgehead atoms. The molecule has 0 spiro atoms. The highest BCUT2D eigenvalue weighted by atomic mass is 32.5. The number of allylic oxidation sites excluding steroid dienone is 1. The van der Waals surface area contributed by atoms with Crippen molar-refractivity contribution in [3.8, 4) is 0 Å². The summed E-state index contributed by atoms with van der Waals surface area (Å²) in [7, 11) is 0. The van der Waals surface area contributed by atoms with Gasteiger partial charge in [0.2, 0.25) is 0 Å². The summed E-state index contributed by atoms with van der Waals surface area (Å²) < 4.78 is 5.48. The molecule has 8 atom stereocenters. The third-order valence-corrected chi connectivity index (χ3v) is 11.4. The fourth-order valence-corrected chi connectivity index (χ4v) is 9.87. The molecule has 2 N–H and O–H groups in total. The summed E-state index contributed by atoms with van der Waals surface area (Å²) in [5.41, 5.74) is 2.30. The first kappa shape index (κ1) is 25.4. The molecule has 1 unspecified atom stereocenters. The normalized spacial score (nSPS) is 42.8. The van der Waals surface area contributed by atoms with E-state index in [2.05, 4.69) is 40.7 Å². The van der Waals surface area contributed by atoms with Crippen LogP contribution in [0.25, 0.3) is 0 Å². The van der Waals surface area contributed by atoms with Gasteiger partial charge >= 0.3 is 6.72 Å². The van der Waals surface area contributed by atoms with Crippen LogP contribution in [0.5, 0.6) is 0 Å². The van der Waals surface area contributed by atoms with Gasteiger partial charge in [0.15, 0.2) is 0 Å². The lowest BCUT2D eigenvalue weighted by atomic mass is 9.47. The van der Waals surface area contributed by atoms with E-state index in [0.29, 0.717) is 5.41 Å². The SMILES string of the molecule is CC(C)CCC[C@@H](C)[C@H]1CC[C@H]2[C@@H]3CC=C4CC(OP(O)(O)=S)CC[C@]4(C)[C@H]3CC[C@]12C. The van der Waals surface area contributed by atoms with Crippen LogP contribution >= 0.6 is 6.72 Å². The first-order chi connectivity index (χ1) is 14.9. The van der Waals surface area contributed by atoms with E-state index in [-0.39, 0.29) is 11.5 Å². The van der Waals surface area contributed by atoms with Crippen LogP contribution in [-0.4, -0.2) is 15.9 Å². The van der Waals surface area contributed by atoms with E-state index in [1.807, 2.05) is 0 Å². The predicted octanol–water partition coefficient (Wildman–Crippen LogP) is 7.62. The summed E-state index contributed by atoms with van der Waals surface area (Å²) >= 11 is 4.75. The summed E-state index contributed by atoms with van der Waals surface area (Å²) in [6.07, 6.45) is 16.2. The van der Waals surface area contributed by atoms with Crippen LogP contribution in [0.2, 0.25) is 0 Å². The minimum Gasteiger partial charge on any atom is -0.325 e. The van der Waals surface area contributed by atoms with E-state index in [4.69, 9.17) is 16.3 Å². The largest absolute Gasteiger partial charge is 0.325 e. The quantitative estimate of drug-likeness (QED) is 0.289. The molecule has 3 saturated carbocycles. The van der Waals surface area contributed by atoms with Crippen molar-refractivity contribution in [2.24, 2.45) is 46.3 Å². The second-order valence-electron chi connectivity index (χ2n) is 12.8. The molecule has 0 aromatic carbocycles. The molecule has 0 aliphatic heterocycles. The Bertz CT molecular complexity index is 760. The highest BCUT2D eigenvalue weighted by Crippen LogP contribution is 2.67. The van der Waals surface area contributed by atoms with Crippen molar-refractivity contribution in [3.05, 3.63) is 11.6 Å². The molecule has 5 heteroatoms. The standard InChI is InChI=1S/C27H47O3PS/c1-18(2)7-6-8-19(3)23-11-12-24-22-10-9-20-17-21(30-31(28,29)32)13-15-26(20,4)25(22)14-16-27(23,24)5/h9,18-19,21-25H,6-8,10-17H2,1-5H3,(H2,28,29,32)/t19-,21?,22+,23-,24+,25+,26+,27-/m1/s1. The van der Waals surface area contributed by atoms with E-state index >= 15 is 0 Å². The third-order valence-electron chi connectivity index (χ3n) is 10.5. The second-order valence-corrected chi connectivity index (χ2v) is 15.4. The lowest BCUT2D eigenvalue weighted by Crippen LogP contribution is -2.50. The number of fused-ring (bicyclic) bond motifs is 5. The van der Waals surface area contributed by atoms with Crippen LogP contribution < -0.4 is 0 Å². The van der Waals surface area contributed by atoms with E-state index in [0.717, 1.165) is 54.8 Å². The predicted molar refractivity (Wildman–Crippen MR) is 137 cm³/mol. The van der Waals surface area contributed by atoms with Crippen molar-refractivity contribution >= 4 is 18.5 Å². The van der Waals surface area contributed by atoms with Gasteiger partial charge in [0.25, 0.3) is 0 Å². The van der Waals surface area contributed by atoms with Crippen LogP contribution in [0.3, 0.4) is 0 Å². The third kappa shape index (κ3) is 4.83. The van der Waals surface area contributed by atoms with Crippen molar-refractivity contribution < 1.29 is 14.3 Å². The molecule has 0 aromatic rings. The smallest absolute Gasteiger partial charge is 0.322 e. The Morgan fingerprint density at radius 2 is 1.81 bits per heavy atom. The molecule has 3 nitrogen and oxygen atoms in total.